The van der Waals surface area contributed by atoms with Gasteiger partial charge in [-0.2, -0.15) is 0 Å². The highest BCUT2D eigenvalue weighted by atomic mass is 14.5. The number of hydrogen-bond acceptors (Lipinski definition) is 0. The van der Waals surface area contributed by atoms with E-state index in [-0.39, 0.29) is 0 Å². The first-order valence-electron chi connectivity index (χ1n) is 22.1. The van der Waals surface area contributed by atoms with Crippen LogP contribution in [-0.4, -0.2) is 0 Å². The molecule has 290 valence electrons. The third-order valence-electron chi connectivity index (χ3n) is 14.4. The van der Waals surface area contributed by atoms with E-state index in [0.29, 0.717) is 0 Å². The highest BCUT2D eigenvalue weighted by Crippen LogP contribution is 2.65. The van der Waals surface area contributed by atoms with Gasteiger partial charge in [-0.15, -0.1) is 0 Å². The van der Waals surface area contributed by atoms with Crippen LogP contribution in [0.2, 0.25) is 0 Å². The van der Waals surface area contributed by atoms with Crippen LogP contribution in [-0.2, 0) is 5.41 Å². The second kappa shape index (κ2) is 13.0. The maximum atomic E-state index is 2.61. The Hall–Kier alpha value is -8.06. The molecular formula is C63H38. The minimum absolute atomic E-state index is 0.488. The van der Waals surface area contributed by atoms with Gasteiger partial charge in [-0.25, -0.2) is 0 Å². The monoisotopic (exact) mass is 794 g/mol. The number of hydrogen-bond donors (Lipinski definition) is 0. The fourth-order valence-electron chi connectivity index (χ4n) is 11.9. The van der Waals surface area contributed by atoms with Gasteiger partial charge < -0.3 is 0 Å². The summed E-state index contributed by atoms with van der Waals surface area (Å²) in [5, 5.41) is 12.7. The van der Waals surface area contributed by atoms with Crippen molar-refractivity contribution in [2.24, 2.45) is 0 Å². The SMILES string of the molecule is c1ccc(-c2ccc3cc(-c4c5ccccc5c(-c5cc6c(c7ccccc57)-c5c(ccc7ccccc57)C65c6ccccc6-c6ccccc65)c5ccccc45)ccc3c2)cc1. The van der Waals surface area contributed by atoms with Crippen LogP contribution in [0.15, 0.2) is 231 Å². The summed E-state index contributed by atoms with van der Waals surface area (Å²) in [4.78, 5) is 0. The van der Waals surface area contributed by atoms with E-state index in [0.717, 1.165) is 0 Å². The van der Waals surface area contributed by atoms with E-state index >= 15 is 0 Å². The van der Waals surface area contributed by atoms with Gasteiger partial charge in [0.15, 0.2) is 0 Å². The van der Waals surface area contributed by atoms with Crippen LogP contribution in [0.1, 0.15) is 22.3 Å². The Morgan fingerprint density at radius 2 is 0.667 bits per heavy atom. The lowest BCUT2D eigenvalue weighted by Gasteiger charge is -2.31. The fraction of sp³-hybridized carbons (Fsp3) is 0.0159. The van der Waals surface area contributed by atoms with Gasteiger partial charge in [0, 0.05) is 0 Å². The second-order valence-corrected chi connectivity index (χ2v) is 17.4. The Kier molecular flexibility index (Phi) is 7.13. The van der Waals surface area contributed by atoms with Crippen LogP contribution >= 0.6 is 0 Å². The Balaban J connectivity index is 1.09. The Morgan fingerprint density at radius 1 is 0.206 bits per heavy atom. The molecule has 0 radical (unpaired) electrons. The van der Waals surface area contributed by atoms with Crippen molar-refractivity contribution in [3.63, 3.8) is 0 Å². The molecule has 0 aromatic heterocycles. The molecule has 0 fully saturated rings. The lowest BCUT2D eigenvalue weighted by Crippen LogP contribution is -2.26. The molecule has 2 aliphatic carbocycles. The third kappa shape index (κ3) is 4.65. The zero-order valence-electron chi connectivity index (χ0n) is 34.4. The Bertz CT molecular complexity index is 3800. The third-order valence-corrected chi connectivity index (χ3v) is 14.4. The van der Waals surface area contributed by atoms with Crippen LogP contribution in [0, 0.1) is 0 Å². The van der Waals surface area contributed by atoms with Gasteiger partial charge in [0.05, 0.1) is 5.41 Å². The topological polar surface area (TPSA) is 0 Å². The van der Waals surface area contributed by atoms with Crippen LogP contribution in [0.3, 0.4) is 0 Å². The molecule has 0 saturated carbocycles. The van der Waals surface area contributed by atoms with Crippen molar-refractivity contribution in [3.05, 3.63) is 253 Å². The van der Waals surface area contributed by atoms with Crippen LogP contribution < -0.4 is 0 Å². The molecule has 0 N–H and O–H groups in total. The average Bonchev–Trinajstić information content (AvgIpc) is 3.83. The fourth-order valence-corrected chi connectivity index (χ4v) is 11.9. The van der Waals surface area contributed by atoms with E-state index in [4.69, 9.17) is 0 Å². The summed E-state index contributed by atoms with van der Waals surface area (Å²) in [6, 6.07) is 86.7. The van der Waals surface area contributed by atoms with Gasteiger partial charge in [-0.3, -0.25) is 0 Å². The van der Waals surface area contributed by atoms with E-state index in [1.54, 1.807) is 0 Å². The van der Waals surface area contributed by atoms with E-state index < -0.39 is 5.41 Å². The first kappa shape index (κ1) is 34.6. The molecule has 1 spiro atoms. The highest BCUT2D eigenvalue weighted by Gasteiger charge is 2.52. The first-order valence-corrected chi connectivity index (χ1v) is 22.1. The van der Waals surface area contributed by atoms with Gasteiger partial charge in [0.2, 0.25) is 0 Å². The number of benzene rings is 12. The summed E-state index contributed by atoms with van der Waals surface area (Å²) in [6.45, 7) is 0. The highest BCUT2D eigenvalue weighted by molar-refractivity contribution is 6.26. The lowest BCUT2D eigenvalue weighted by atomic mass is 9.69. The molecule has 0 heteroatoms. The molecule has 0 saturated heterocycles. The summed E-state index contributed by atoms with van der Waals surface area (Å²) in [5.74, 6) is 0. The van der Waals surface area contributed by atoms with Crippen LogP contribution in [0.4, 0.5) is 0 Å². The molecule has 0 atom stereocenters. The van der Waals surface area contributed by atoms with Gasteiger partial charge in [-0.05, 0) is 150 Å². The smallest absolute Gasteiger partial charge is 0.0622 e. The van der Waals surface area contributed by atoms with E-state index in [2.05, 4.69) is 231 Å². The quantitative estimate of drug-likeness (QED) is 0.156. The molecule has 0 heterocycles. The molecule has 0 aliphatic heterocycles. The summed E-state index contributed by atoms with van der Waals surface area (Å²) in [5.41, 5.74) is 17.8. The molecule has 63 heavy (non-hydrogen) atoms. The van der Waals surface area contributed by atoms with Crippen molar-refractivity contribution in [1.82, 2.24) is 0 Å². The predicted octanol–water partition coefficient (Wildman–Crippen LogP) is 16.8. The van der Waals surface area contributed by atoms with Crippen molar-refractivity contribution >= 4 is 53.9 Å². The number of rotatable bonds is 3. The molecule has 0 nitrogen and oxygen atoms in total. The largest absolute Gasteiger partial charge is 0.0726 e. The predicted molar refractivity (Wildman–Crippen MR) is 267 cm³/mol. The molecule has 2 aliphatic rings. The Morgan fingerprint density at radius 3 is 1.32 bits per heavy atom. The Labute approximate surface area is 366 Å². The van der Waals surface area contributed by atoms with Gasteiger partial charge in [0.25, 0.3) is 0 Å². The minimum Gasteiger partial charge on any atom is -0.0622 e. The van der Waals surface area contributed by atoms with Crippen molar-refractivity contribution in [3.8, 4) is 55.6 Å². The van der Waals surface area contributed by atoms with Gasteiger partial charge in [-0.1, -0.05) is 212 Å². The summed E-state index contributed by atoms with van der Waals surface area (Å²) < 4.78 is 0. The standard InChI is InChI=1S/C63H38/c1-2-16-39(17-3-1)41-30-31-43-37-44(33-32-42(43)36-41)59-50-24-8-10-26-52(50)60(53-27-11-9-25-51(53)59)54-38-58-62(49-23-7-6-20-46(49)54)61-45-19-5-4-18-40(45)34-35-57(61)63(58)55-28-14-12-21-47(55)48-22-13-15-29-56(48)63/h1-38H. The molecule has 12 aromatic carbocycles. The zero-order chi connectivity index (χ0) is 41.2. The van der Waals surface area contributed by atoms with Crippen molar-refractivity contribution < 1.29 is 0 Å². The van der Waals surface area contributed by atoms with Crippen molar-refractivity contribution in [1.29, 1.82) is 0 Å². The van der Waals surface area contributed by atoms with Crippen LogP contribution in [0.5, 0.6) is 0 Å². The molecule has 14 rings (SSSR count). The molecule has 0 bridgehead atoms. The second-order valence-electron chi connectivity index (χ2n) is 17.4. The van der Waals surface area contributed by atoms with Crippen LogP contribution in [0.25, 0.3) is 109 Å². The van der Waals surface area contributed by atoms with E-state index in [1.165, 1.54) is 132 Å². The molecule has 12 aromatic rings. The molecular weight excluding hydrogens is 757 g/mol. The molecule has 0 amide bonds. The van der Waals surface area contributed by atoms with Gasteiger partial charge >= 0.3 is 0 Å². The van der Waals surface area contributed by atoms with Crippen molar-refractivity contribution in [2.75, 3.05) is 0 Å². The first-order chi connectivity index (χ1) is 31.3. The van der Waals surface area contributed by atoms with Gasteiger partial charge in [0.1, 0.15) is 0 Å². The summed E-state index contributed by atoms with van der Waals surface area (Å²) in [6.07, 6.45) is 0. The molecule has 0 unspecified atom stereocenters. The lowest BCUT2D eigenvalue weighted by molar-refractivity contribution is 0.795. The summed E-state index contributed by atoms with van der Waals surface area (Å²) in [7, 11) is 0. The summed E-state index contributed by atoms with van der Waals surface area (Å²) >= 11 is 0. The average molecular weight is 795 g/mol. The zero-order valence-corrected chi connectivity index (χ0v) is 34.4. The number of fused-ring (bicyclic) bond motifs is 17. The normalized spacial score (nSPS) is 13.2. The van der Waals surface area contributed by atoms with Crippen molar-refractivity contribution in [2.45, 2.75) is 5.41 Å². The maximum absolute atomic E-state index is 2.61. The van der Waals surface area contributed by atoms with E-state index in [1.807, 2.05) is 0 Å². The minimum atomic E-state index is -0.488. The maximum Gasteiger partial charge on any atom is 0.0726 e. The van der Waals surface area contributed by atoms with E-state index in [9.17, 15) is 0 Å².